The average molecular weight is 425 g/mol. The van der Waals surface area contributed by atoms with E-state index in [4.69, 9.17) is 5.73 Å². The molecule has 1 aromatic rings. The number of carbonyl (C=O) groups excluding carboxylic acids is 3. The molecule has 2 saturated carbocycles. The number of amides is 3. The number of rotatable bonds is 5. The summed E-state index contributed by atoms with van der Waals surface area (Å²) < 4.78 is 0. The fourth-order valence-electron chi connectivity index (χ4n) is 6.11. The molecule has 31 heavy (non-hydrogen) atoms. The van der Waals surface area contributed by atoms with Crippen molar-refractivity contribution < 1.29 is 14.4 Å². The number of benzene rings is 1. The number of fused-ring (bicyclic) bond motifs is 1. The lowest BCUT2D eigenvalue weighted by atomic mass is 9.57. The second kappa shape index (κ2) is 8.02. The zero-order chi connectivity index (χ0) is 21.6. The molecule has 0 bridgehead atoms. The molecule has 1 atom stereocenters. The minimum absolute atomic E-state index is 0.115. The number of imide groups is 1. The zero-order valence-electron chi connectivity index (χ0n) is 18.0. The predicted molar refractivity (Wildman–Crippen MR) is 116 cm³/mol. The molecule has 5 rings (SSSR count). The molecule has 2 aliphatic carbocycles. The van der Waals surface area contributed by atoms with Gasteiger partial charge in [0.15, 0.2) is 0 Å². The number of piperidine rings is 1. The van der Waals surface area contributed by atoms with E-state index in [9.17, 15) is 14.4 Å². The molecular formula is C24H32N4O3. The van der Waals surface area contributed by atoms with E-state index in [1.807, 2.05) is 12.1 Å². The molecule has 4 aliphatic rings. The van der Waals surface area contributed by atoms with Gasteiger partial charge in [-0.25, -0.2) is 0 Å². The third-order valence-electron chi connectivity index (χ3n) is 7.91. The molecule has 4 N–H and O–H groups in total. The Kier molecular flexibility index (Phi) is 5.34. The van der Waals surface area contributed by atoms with Crippen LogP contribution >= 0.6 is 0 Å². The highest BCUT2D eigenvalue weighted by Gasteiger charge is 2.44. The Morgan fingerprint density at radius 3 is 2.61 bits per heavy atom. The molecule has 0 radical (unpaired) electrons. The molecule has 166 valence electrons. The standard InChI is InChI=1S/C24H32N4O3/c25-18-10-24(11-18)7-5-15(6-8-24)12-26-13-16-1-2-19-17(9-16)14-28(23(19)31)20-3-4-21(29)27-22(20)30/h1-2,9,15,18,20,26H,3-8,10-14,25H2,(H,27,29,30). The predicted octanol–water partition coefficient (Wildman–Crippen LogP) is 1.83. The van der Waals surface area contributed by atoms with Gasteiger partial charge in [0.25, 0.3) is 5.91 Å². The lowest BCUT2D eigenvalue weighted by molar-refractivity contribution is -0.136. The highest BCUT2D eigenvalue weighted by Crippen LogP contribution is 2.52. The summed E-state index contributed by atoms with van der Waals surface area (Å²) in [5, 5.41) is 5.96. The van der Waals surface area contributed by atoms with Crippen LogP contribution < -0.4 is 16.4 Å². The molecule has 3 fully saturated rings. The molecular weight excluding hydrogens is 392 g/mol. The van der Waals surface area contributed by atoms with Gasteiger partial charge < -0.3 is 16.0 Å². The Bertz CT molecular complexity index is 898. The van der Waals surface area contributed by atoms with Gasteiger partial charge in [-0.05, 0) is 80.0 Å². The highest BCUT2D eigenvalue weighted by molar-refractivity contribution is 6.05. The van der Waals surface area contributed by atoms with Gasteiger partial charge in [0.05, 0.1) is 0 Å². The first kappa shape index (κ1) is 20.6. The van der Waals surface area contributed by atoms with Gasteiger partial charge >= 0.3 is 0 Å². The van der Waals surface area contributed by atoms with Crippen LogP contribution in [0.2, 0.25) is 0 Å². The summed E-state index contributed by atoms with van der Waals surface area (Å²) in [6.07, 6.45) is 8.34. The maximum atomic E-state index is 12.8. The third-order valence-corrected chi connectivity index (χ3v) is 7.91. The molecule has 2 heterocycles. The van der Waals surface area contributed by atoms with Crippen LogP contribution in [0.25, 0.3) is 0 Å². The van der Waals surface area contributed by atoms with E-state index in [2.05, 4.69) is 16.7 Å². The molecule has 1 aromatic carbocycles. The fourth-order valence-corrected chi connectivity index (χ4v) is 6.11. The van der Waals surface area contributed by atoms with E-state index in [-0.39, 0.29) is 24.1 Å². The summed E-state index contributed by atoms with van der Waals surface area (Å²) >= 11 is 0. The zero-order valence-corrected chi connectivity index (χ0v) is 18.0. The van der Waals surface area contributed by atoms with Crippen LogP contribution in [0.15, 0.2) is 18.2 Å². The summed E-state index contributed by atoms with van der Waals surface area (Å²) in [5.41, 5.74) is 9.37. The highest BCUT2D eigenvalue weighted by atomic mass is 16.2. The number of carbonyl (C=O) groups is 3. The second-order valence-corrected chi connectivity index (χ2v) is 10.1. The molecule has 1 unspecified atom stereocenters. The monoisotopic (exact) mass is 424 g/mol. The average Bonchev–Trinajstić information content (AvgIpc) is 3.04. The molecule has 2 aliphatic heterocycles. The maximum absolute atomic E-state index is 12.8. The fraction of sp³-hybridized carbons (Fsp3) is 0.625. The van der Waals surface area contributed by atoms with Crippen LogP contribution in [-0.4, -0.2) is 41.2 Å². The van der Waals surface area contributed by atoms with E-state index in [0.717, 1.165) is 30.1 Å². The quantitative estimate of drug-likeness (QED) is 0.626. The lowest BCUT2D eigenvalue weighted by Gasteiger charge is -2.50. The van der Waals surface area contributed by atoms with Gasteiger partial charge in [0.1, 0.15) is 6.04 Å². The van der Waals surface area contributed by atoms with Crippen molar-refractivity contribution in [1.82, 2.24) is 15.5 Å². The van der Waals surface area contributed by atoms with Gasteiger partial charge in [-0.15, -0.1) is 0 Å². The van der Waals surface area contributed by atoms with E-state index < -0.39 is 6.04 Å². The summed E-state index contributed by atoms with van der Waals surface area (Å²) in [4.78, 5) is 38.0. The van der Waals surface area contributed by atoms with Gasteiger partial charge in [-0.3, -0.25) is 19.7 Å². The van der Waals surface area contributed by atoms with Crippen LogP contribution in [0.1, 0.15) is 72.9 Å². The van der Waals surface area contributed by atoms with Crippen molar-refractivity contribution in [2.75, 3.05) is 6.54 Å². The third kappa shape index (κ3) is 4.01. The minimum Gasteiger partial charge on any atom is -0.328 e. The Labute approximate surface area is 183 Å². The number of nitrogens with zero attached hydrogens (tertiary/aromatic N) is 1. The van der Waals surface area contributed by atoms with Gasteiger partial charge in [-0.2, -0.15) is 0 Å². The van der Waals surface area contributed by atoms with E-state index >= 15 is 0 Å². The van der Waals surface area contributed by atoms with Crippen molar-refractivity contribution >= 4 is 17.7 Å². The normalized spacial score (nSPS) is 32.7. The smallest absolute Gasteiger partial charge is 0.255 e. The summed E-state index contributed by atoms with van der Waals surface area (Å²) in [5.74, 6) is -0.00191. The van der Waals surface area contributed by atoms with Crippen molar-refractivity contribution in [3.63, 3.8) is 0 Å². The Morgan fingerprint density at radius 1 is 1.13 bits per heavy atom. The Morgan fingerprint density at radius 2 is 1.90 bits per heavy atom. The van der Waals surface area contributed by atoms with Crippen LogP contribution in [0.3, 0.4) is 0 Å². The molecule has 1 spiro atoms. The summed E-state index contributed by atoms with van der Waals surface area (Å²) in [7, 11) is 0. The summed E-state index contributed by atoms with van der Waals surface area (Å²) in [6, 6.07) is 5.84. The Hall–Kier alpha value is -2.25. The van der Waals surface area contributed by atoms with Crippen LogP contribution in [0.4, 0.5) is 0 Å². The maximum Gasteiger partial charge on any atom is 0.255 e. The number of nitrogens with two attached hydrogens (primary N) is 1. The van der Waals surface area contributed by atoms with Gasteiger partial charge in [-0.1, -0.05) is 12.1 Å². The van der Waals surface area contributed by atoms with Gasteiger partial charge in [0.2, 0.25) is 11.8 Å². The first-order valence-electron chi connectivity index (χ1n) is 11.7. The molecule has 0 aromatic heterocycles. The largest absolute Gasteiger partial charge is 0.328 e. The summed E-state index contributed by atoms with van der Waals surface area (Å²) in [6.45, 7) is 2.24. The SMILES string of the molecule is NC1CC2(CCC(CNCc3ccc4c(c3)CN(C3CCC(=O)NC3=O)C4=O)CC2)C1. The number of hydrogen-bond acceptors (Lipinski definition) is 5. The van der Waals surface area contributed by atoms with Gasteiger partial charge in [0, 0.05) is 31.1 Å². The van der Waals surface area contributed by atoms with Crippen LogP contribution in [0.5, 0.6) is 0 Å². The van der Waals surface area contributed by atoms with E-state index in [1.165, 1.54) is 38.5 Å². The molecule has 7 nitrogen and oxygen atoms in total. The second-order valence-electron chi connectivity index (χ2n) is 10.1. The van der Waals surface area contributed by atoms with Crippen molar-refractivity contribution in [2.45, 2.75) is 76.5 Å². The van der Waals surface area contributed by atoms with Crippen molar-refractivity contribution in [3.05, 3.63) is 34.9 Å². The molecule has 3 amide bonds. The Balaban J connectivity index is 1.13. The van der Waals surface area contributed by atoms with Crippen molar-refractivity contribution in [3.8, 4) is 0 Å². The minimum atomic E-state index is -0.556. The van der Waals surface area contributed by atoms with Crippen molar-refractivity contribution in [2.24, 2.45) is 17.1 Å². The molecule has 7 heteroatoms. The lowest BCUT2D eigenvalue weighted by Crippen LogP contribution is -2.52. The topological polar surface area (TPSA) is 105 Å². The van der Waals surface area contributed by atoms with Crippen LogP contribution in [0, 0.1) is 11.3 Å². The molecule has 1 saturated heterocycles. The first-order valence-corrected chi connectivity index (χ1v) is 11.7. The van der Waals surface area contributed by atoms with Crippen molar-refractivity contribution in [1.29, 1.82) is 0 Å². The number of nitrogens with one attached hydrogen (secondary N) is 2. The van der Waals surface area contributed by atoms with E-state index in [0.29, 0.717) is 30.0 Å². The van der Waals surface area contributed by atoms with E-state index in [1.54, 1.807) is 4.90 Å². The van der Waals surface area contributed by atoms with Crippen LogP contribution in [-0.2, 0) is 22.7 Å². The number of hydrogen-bond donors (Lipinski definition) is 3. The first-order chi connectivity index (χ1) is 14.9.